The Hall–Kier alpha value is -2.75. The smallest absolute Gasteiger partial charge is 0.265 e. The molecule has 1 atom stereocenters. The Labute approximate surface area is 183 Å². The Bertz CT molecular complexity index is 1020. The van der Waals surface area contributed by atoms with Crippen molar-refractivity contribution in [3.05, 3.63) is 65.7 Å². The highest BCUT2D eigenvalue weighted by molar-refractivity contribution is 7.89. The number of hydrogen-bond acceptors (Lipinski definition) is 5. The predicted octanol–water partition coefficient (Wildman–Crippen LogP) is 1.93. The summed E-state index contributed by atoms with van der Waals surface area (Å²) in [6.07, 6.45) is 3.04. The zero-order valence-corrected chi connectivity index (χ0v) is 18.6. The van der Waals surface area contributed by atoms with Gasteiger partial charge >= 0.3 is 0 Å². The van der Waals surface area contributed by atoms with Gasteiger partial charge < -0.3 is 4.90 Å². The lowest BCUT2D eigenvalue weighted by Gasteiger charge is -2.31. The molecule has 0 spiro atoms. The lowest BCUT2D eigenvalue weighted by atomic mass is 10.0. The molecule has 1 aliphatic rings. The number of hydrogen-bond donors (Lipinski definition) is 2. The normalized spacial score (nSPS) is 15.5. The van der Waals surface area contributed by atoms with Gasteiger partial charge in [0.2, 0.25) is 15.9 Å². The van der Waals surface area contributed by atoms with E-state index in [0.717, 1.165) is 29.1 Å². The maximum Gasteiger partial charge on any atom is 0.265 e. The van der Waals surface area contributed by atoms with Gasteiger partial charge in [-0.3, -0.25) is 15.0 Å². The number of nitrogens with zero attached hydrogens (tertiary/aromatic N) is 2. The number of rotatable bonds is 7. The van der Waals surface area contributed by atoms with Gasteiger partial charge in [0.15, 0.2) is 0 Å². The minimum atomic E-state index is -3.66. The third-order valence-electron chi connectivity index (χ3n) is 5.25. The highest BCUT2D eigenvalue weighted by atomic mass is 32.2. The lowest BCUT2D eigenvalue weighted by Crippen LogP contribution is -2.48. The molecule has 1 fully saturated rings. The van der Waals surface area contributed by atoms with Gasteiger partial charge in [0, 0.05) is 32.7 Å². The highest BCUT2D eigenvalue weighted by Crippen LogP contribution is 2.19. The van der Waals surface area contributed by atoms with Gasteiger partial charge in [-0.2, -0.15) is 0 Å². The maximum atomic E-state index is 13.1. The first-order valence-corrected chi connectivity index (χ1v) is 11.7. The number of amides is 2. The molecule has 2 amide bonds. The Morgan fingerprint density at radius 1 is 0.968 bits per heavy atom. The number of likely N-dealkylation sites (tertiary alicyclic amines) is 1. The summed E-state index contributed by atoms with van der Waals surface area (Å²) in [6, 6.07) is 14.2. The van der Waals surface area contributed by atoms with Gasteiger partial charge in [0.1, 0.15) is 6.04 Å². The van der Waals surface area contributed by atoms with Gasteiger partial charge in [0.05, 0.1) is 4.90 Å². The first-order valence-electron chi connectivity index (χ1n) is 10.2. The number of nitrogens with one attached hydrogen (secondary N) is 2. The average Bonchev–Trinajstić information content (AvgIpc) is 2.80. The van der Waals surface area contributed by atoms with Crippen molar-refractivity contribution in [2.45, 2.75) is 30.2 Å². The maximum absolute atomic E-state index is 13.1. The summed E-state index contributed by atoms with van der Waals surface area (Å²) >= 11 is 0. The number of sulfonamides is 1. The third kappa shape index (κ3) is 5.49. The standard InChI is InChI=1S/C22H28N4O4S/c1-25(2)31(29,30)19-13-9-12-18(16-19)21(27)24-23-20(17-10-5-3-6-11-17)22(28)26-14-7-4-8-15-26/h3,5-6,9-13,16,20,23H,4,7-8,14-15H2,1-2H3,(H,24,27)/t20-/m0/s1. The van der Waals surface area contributed by atoms with Crippen molar-refractivity contribution in [1.29, 1.82) is 0 Å². The van der Waals surface area contributed by atoms with Crippen molar-refractivity contribution in [3.63, 3.8) is 0 Å². The monoisotopic (exact) mass is 444 g/mol. The SMILES string of the molecule is CN(C)S(=O)(=O)c1cccc(C(=O)NN[C@H](C(=O)N2CCCCC2)c2ccccc2)c1. The molecule has 1 saturated heterocycles. The van der Waals surface area contributed by atoms with E-state index in [2.05, 4.69) is 10.9 Å². The molecule has 2 aromatic rings. The quantitative estimate of drug-likeness (QED) is 0.636. The van der Waals surface area contributed by atoms with Gasteiger partial charge in [-0.15, -0.1) is 0 Å². The first kappa shape index (κ1) is 22.9. The summed E-state index contributed by atoms with van der Waals surface area (Å²) in [7, 11) is -0.801. The number of piperidine rings is 1. The van der Waals surface area contributed by atoms with E-state index < -0.39 is 22.0 Å². The van der Waals surface area contributed by atoms with Crippen LogP contribution in [-0.4, -0.2) is 56.6 Å². The molecule has 0 unspecified atom stereocenters. The second-order valence-electron chi connectivity index (χ2n) is 7.64. The number of carbonyl (C=O) groups excluding carboxylic acids is 2. The third-order valence-corrected chi connectivity index (χ3v) is 7.06. The Kier molecular flexibility index (Phi) is 7.42. The van der Waals surface area contributed by atoms with Gasteiger partial charge in [-0.1, -0.05) is 36.4 Å². The Balaban J connectivity index is 1.77. The van der Waals surface area contributed by atoms with Crippen molar-refractivity contribution < 1.29 is 18.0 Å². The van der Waals surface area contributed by atoms with Crippen LogP contribution in [0.15, 0.2) is 59.5 Å². The Morgan fingerprint density at radius 3 is 2.29 bits per heavy atom. The highest BCUT2D eigenvalue weighted by Gasteiger charge is 2.27. The molecule has 1 aliphatic heterocycles. The van der Waals surface area contributed by atoms with Crippen LogP contribution in [0.2, 0.25) is 0 Å². The molecule has 9 heteroatoms. The average molecular weight is 445 g/mol. The van der Waals surface area contributed by atoms with Crippen LogP contribution in [0.5, 0.6) is 0 Å². The van der Waals surface area contributed by atoms with Crippen LogP contribution in [0.3, 0.4) is 0 Å². The Morgan fingerprint density at radius 2 is 1.65 bits per heavy atom. The van der Waals surface area contributed by atoms with Gasteiger partial charge in [0.25, 0.3) is 5.91 Å². The van der Waals surface area contributed by atoms with Crippen molar-refractivity contribution in [3.8, 4) is 0 Å². The fraction of sp³-hybridized carbons (Fsp3) is 0.364. The van der Waals surface area contributed by atoms with Crippen LogP contribution < -0.4 is 10.9 Å². The molecule has 8 nitrogen and oxygen atoms in total. The summed E-state index contributed by atoms with van der Waals surface area (Å²) < 4.78 is 25.8. The summed E-state index contributed by atoms with van der Waals surface area (Å²) in [5.41, 5.74) is 6.35. The number of benzene rings is 2. The van der Waals surface area contributed by atoms with E-state index in [1.807, 2.05) is 35.2 Å². The fourth-order valence-electron chi connectivity index (χ4n) is 3.45. The summed E-state index contributed by atoms with van der Waals surface area (Å²) in [4.78, 5) is 27.7. The van der Waals surface area contributed by atoms with Gasteiger partial charge in [-0.25, -0.2) is 18.1 Å². The van der Waals surface area contributed by atoms with E-state index in [0.29, 0.717) is 13.1 Å². The minimum Gasteiger partial charge on any atom is -0.341 e. The first-order chi connectivity index (χ1) is 14.8. The molecule has 0 bridgehead atoms. The second-order valence-corrected chi connectivity index (χ2v) is 9.80. The van der Waals surface area contributed by atoms with Crippen molar-refractivity contribution >= 4 is 21.8 Å². The number of hydrazine groups is 1. The van der Waals surface area contributed by atoms with Crippen molar-refractivity contribution in [2.75, 3.05) is 27.2 Å². The van der Waals surface area contributed by atoms with Crippen molar-refractivity contribution in [2.24, 2.45) is 0 Å². The van der Waals surface area contributed by atoms with Crippen LogP contribution in [0.1, 0.15) is 41.2 Å². The van der Waals surface area contributed by atoms with Crippen LogP contribution in [-0.2, 0) is 14.8 Å². The van der Waals surface area contributed by atoms with E-state index in [-0.39, 0.29) is 16.4 Å². The molecule has 1 heterocycles. The molecular formula is C22H28N4O4S. The van der Waals surface area contributed by atoms with Crippen LogP contribution >= 0.6 is 0 Å². The molecule has 0 saturated carbocycles. The predicted molar refractivity (Wildman–Crippen MR) is 118 cm³/mol. The van der Waals surface area contributed by atoms with Crippen LogP contribution in [0, 0.1) is 0 Å². The van der Waals surface area contributed by atoms with E-state index in [1.165, 1.54) is 38.4 Å². The molecule has 3 rings (SSSR count). The summed E-state index contributed by atoms with van der Waals surface area (Å²) in [5, 5.41) is 0. The minimum absolute atomic E-state index is 0.0224. The van der Waals surface area contributed by atoms with E-state index in [1.54, 1.807) is 0 Å². The summed E-state index contributed by atoms with van der Waals surface area (Å²) in [5.74, 6) is -0.627. The zero-order valence-electron chi connectivity index (χ0n) is 17.7. The van der Waals surface area contributed by atoms with Gasteiger partial charge in [-0.05, 0) is 43.0 Å². The molecule has 0 aliphatic carbocycles. The van der Waals surface area contributed by atoms with Crippen LogP contribution in [0.4, 0.5) is 0 Å². The second kappa shape index (κ2) is 10.0. The van der Waals surface area contributed by atoms with E-state index in [9.17, 15) is 18.0 Å². The largest absolute Gasteiger partial charge is 0.341 e. The molecule has 0 aromatic heterocycles. The topological polar surface area (TPSA) is 98.8 Å². The molecule has 31 heavy (non-hydrogen) atoms. The zero-order chi connectivity index (χ0) is 22.4. The van der Waals surface area contributed by atoms with Crippen molar-refractivity contribution in [1.82, 2.24) is 20.1 Å². The van der Waals surface area contributed by atoms with E-state index in [4.69, 9.17) is 0 Å². The molecule has 2 N–H and O–H groups in total. The van der Waals surface area contributed by atoms with E-state index >= 15 is 0 Å². The van der Waals surface area contributed by atoms with Crippen LogP contribution in [0.25, 0.3) is 0 Å². The molecule has 166 valence electrons. The number of carbonyl (C=O) groups is 2. The fourth-order valence-corrected chi connectivity index (χ4v) is 4.40. The lowest BCUT2D eigenvalue weighted by molar-refractivity contribution is -0.134. The molecule has 0 radical (unpaired) electrons. The molecule has 2 aromatic carbocycles. The summed E-state index contributed by atoms with van der Waals surface area (Å²) in [6.45, 7) is 1.39. The molecular weight excluding hydrogens is 416 g/mol.